The van der Waals surface area contributed by atoms with Crippen molar-refractivity contribution in [1.82, 2.24) is 25.2 Å². The van der Waals surface area contributed by atoms with E-state index in [1.54, 1.807) is 0 Å². The van der Waals surface area contributed by atoms with E-state index in [0.717, 1.165) is 33.5 Å². The maximum absolute atomic E-state index is 11.9. The molecule has 0 aliphatic carbocycles. The van der Waals surface area contributed by atoms with Crippen molar-refractivity contribution in [3.63, 3.8) is 0 Å². The molecule has 130 valence electrons. The molecule has 0 radical (unpaired) electrons. The van der Waals surface area contributed by atoms with E-state index in [0.29, 0.717) is 12.8 Å². The van der Waals surface area contributed by atoms with Crippen molar-refractivity contribution in [3.8, 4) is 0 Å². The summed E-state index contributed by atoms with van der Waals surface area (Å²) in [5.74, 6) is -0.375. The SMILES string of the molecule is CNC(=O)CNC(=O)CCc1c(C)nc2c3ccccc3nn2c1C. The molecule has 2 aromatic heterocycles. The van der Waals surface area contributed by atoms with Crippen LogP contribution in [-0.2, 0) is 16.0 Å². The van der Waals surface area contributed by atoms with E-state index in [4.69, 9.17) is 4.98 Å². The number of fused-ring (bicyclic) bond motifs is 3. The molecule has 2 N–H and O–H groups in total. The summed E-state index contributed by atoms with van der Waals surface area (Å²) in [5.41, 5.74) is 4.62. The number of nitrogens with zero attached hydrogens (tertiary/aromatic N) is 3. The summed E-state index contributed by atoms with van der Waals surface area (Å²) in [5, 5.41) is 10.7. The first-order chi connectivity index (χ1) is 12.0. The molecule has 0 bridgehead atoms. The van der Waals surface area contributed by atoms with Crippen LogP contribution >= 0.6 is 0 Å². The van der Waals surface area contributed by atoms with Gasteiger partial charge in [0.2, 0.25) is 11.8 Å². The summed E-state index contributed by atoms with van der Waals surface area (Å²) in [6.07, 6.45) is 0.850. The van der Waals surface area contributed by atoms with Gasteiger partial charge in [-0.25, -0.2) is 9.50 Å². The summed E-state index contributed by atoms with van der Waals surface area (Å²) in [6.45, 7) is 3.94. The van der Waals surface area contributed by atoms with Gasteiger partial charge in [-0.05, 0) is 38.0 Å². The molecule has 2 heterocycles. The Morgan fingerprint density at radius 2 is 1.92 bits per heavy atom. The normalized spacial score (nSPS) is 11.0. The molecular weight excluding hydrogens is 318 g/mol. The Bertz CT molecular complexity index is 961. The maximum Gasteiger partial charge on any atom is 0.239 e. The molecule has 7 heteroatoms. The summed E-state index contributed by atoms with van der Waals surface area (Å²) < 4.78 is 1.84. The van der Waals surface area contributed by atoms with Gasteiger partial charge in [0.15, 0.2) is 5.65 Å². The van der Waals surface area contributed by atoms with Crippen molar-refractivity contribution in [2.24, 2.45) is 0 Å². The van der Waals surface area contributed by atoms with Gasteiger partial charge in [0, 0.05) is 30.2 Å². The van der Waals surface area contributed by atoms with E-state index < -0.39 is 0 Å². The van der Waals surface area contributed by atoms with Gasteiger partial charge in [-0.3, -0.25) is 9.59 Å². The quantitative estimate of drug-likeness (QED) is 0.733. The molecule has 0 unspecified atom stereocenters. The highest BCUT2D eigenvalue weighted by Gasteiger charge is 2.15. The van der Waals surface area contributed by atoms with Gasteiger partial charge in [-0.15, -0.1) is 0 Å². The number of hydrogen-bond donors (Lipinski definition) is 2. The summed E-state index contributed by atoms with van der Waals surface area (Å²) in [7, 11) is 1.54. The Kier molecular flexibility index (Phi) is 4.65. The summed E-state index contributed by atoms with van der Waals surface area (Å²) in [6, 6.07) is 7.90. The number of amides is 2. The van der Waals surface area contributed by atoms with Crippen molar-refractivity contribution >= 4 is 28.4 Å². The van der Waals surface area contributed by atoms with Crippen LogP contribution in [-0.4, -0.2) is 40.0 Å². The Morgan fingerprint density at radius 1 is 1.16 bits per heavy atom. The molecule has 2 amide bonds. The van der Waals surface area contributed by atoms with Gasteiger partial charge in [-0.1, -0.05) is 12.1 Å². The molecule has 7 nitrogen and oxygen atoms in total. The lowest BCUT2D eigenvalue weighted by molar-refractivity contribution is -0.125. The molecule has 3 rings (SSSR count). The molecule has 0 saturated carbocycles. The van der Waals surface area contributed by atoms with Crippen molar-refractivity contribution in [3.05, 3.63) is 41.2 Å². The Hall–Kier alpha value is -2.96. The molecule has 0 aliphatic rings. The summed E-state index contributed by atoms with van der Waals surface area (Å²) in [4.78, 5) is 27.8. The smallest absolute Gasteiger partial charge is 0.239 e. The number of nitrogens with one attached hydrogen (secondary N) is 2. The number of likely N-dealkylation sites (N-methyl/N-ethyl adjacent to an activating group) is 1. The Labute approximate surface area is 145 Å². The van der Waals surface area contributed by atoms with E-state index in [-0.39, 0.29) is 18.4 Å². The zero-order valence-corrected chi connectivity index (χ0v) is 14.6. The monoisotopic (exact) mass is 339 g/mol. The molecule has 0 saturated heterocycles. The van der Waals surface area contributed by atoms with Crippen molar-refractivity contribution in [2.75, 3.05) is 13.6 Å². The molecule has 0 fully saturated rings. The zero-order valence-electron chi connectivity index (χ0n) is 14.6. The number of carbonyl (C=O) groups is 2. The van der Waals surface area contributed by atoms with Crippen molar-refractivity contribution in [1.29, 1.82) is 0 Å². The predicted octanol–water partition coefficient (Wildman–Crippen LogP) is 1.29. The van der Waals surface area contributed by atoms with Crippen LogP contribution in [0.5, 0.6) is 0 Å². The maximum atomic E-state index is 11.9. The van der Waals surface area contributed by atoms with Crippen LogP contribution in [0, 0.1) is 13.8 Å². The van der Waals surface area contributed by atoms with Gasteiger partial charge in [0.05, 0.1) is 12.1 Å². The lowest BCUT2D eigenvalue weighted by Gasteiger charge is -2.11. The van der Waals surface area contributed by atoms with Crippen LogP contribution in [0.1, 0.15) is 23.4 Å². The minimum atomic E-state index is -0.216. The average molecular weight is 339 g/mol. The van der Waals surface area contributed by atoms with Gasteiger partial charge in [0.25, 0.3) is 0 Å². The van der Waals surface area contributed by atoms with Crippen LogP contribution in [0.3, 0.4) is 0 Å². The lowest BCUT2D eigenvalue weighted by atomic mass is 10.1. The molecule has 1 aromatic carbocycles. The van der Waals surface area contributed by atoms with E-state index in [1.807, 2.05) is 42.6 Å². The predicted molar refractivity (Wildman–Crippen MR) is 95.4 cm³/mol. The molecule has 25 heavy (non-hydrogen) atoms. The highest BCUT2D eigenvalue weighted by Crippen LogP contribution is 2.22. The zero-order chi connectivity index (χ0) is 18.0. The topological polar surface area (TPSA) is 88.4 Å². The Morgan fingerprint density at radius 3 is 2.68 bits per heavy atom. The fraction of sp³-hybridized carbons (Fsp3) is 0.333. The first-order valence-corrected chi connectivity index (χ1v) is 8.22. The van der Waals surface area contributed by atoms with Gasteiger partial charge < -0.3 is 10.6 Å². The largest absolute Gasteiger partial charge is 0.358 e. The lowest BCUT2D eigenvalue weighted by Crippen LogP contribution is -2.35. The molecule has 0 atom stereocenters. The second-order valence-electron chi connectivity index (χ2n) is 5.96. The molecule has 0 aliphatic heterocycles. The third kappa shape index (κ3) is 3.31. The Balaban J connectivity index is 1.83. The fourth-order valence-electron chi connectivity index (χ4n) is 2.93. The van der Waals surface area contributed by atoms with E-state index >= 15 is 0 Å². The minimum Gasteiger partial charge on any atom is -0.358 e. The van der Waals surface area contributed by atoms with E-state index in [1.165, 1.54) is 7.05 Å². The number of aryl methyl sites for hydroxylation is 2. The second-order valence-corrected chi connectivity index (χ2v) is 5.96. The van der Waals surface area contributed by atoms with Gasteiger partial charge in [0.1, 0.15) is 0 Å². The number of benzene rings is 1. The fourth-order valence-corrected chi connectivity index (χ4v) is 2.93. The van der Waals surface area contributed by atoms with Crippen LogP contribution in [0.25, 0.3) is 16.6 Å². The highest BCUT2D eigenvalue weighted by molar-refractivity contribution is 5.92. The van der Waals surface area contributed by atoms with E-state index in [2.05, 4.69) is 15.7 Å². The summed E-state index contributed by atoms with van der Waals surface area (Å²) >= 11 is 0. The standard InChI is InChI=1S/C18H21N5O2/c1-11-13(8-9-16(24)20-10-17(25)19-3)12(2)23-18(21-11)14-6-4-5-7-15(14)22-23/h4-7H,8-10H2,1-3H3,(H,19,25)(H,20,24). The molecular formula is C18H21N5O2. The second kappa shape index (κ2) is 6.88. The van der Waals surface area contributed by atoms with E-state index in [9.17, 15) is 9.59 Å². The molecule has 0 spiro atoms. The van der Waals surface area contributed by atoms with Crippen LogP contribution in [0.2, 0.25) is 0 Å². The highest BCUT2D eigenvalue weighted by atomic mass is 16.2. The van der Waals surface area contributed by atoms with Gasteiger partial charge in [-0.2, -0.15) is 5.10 Å². The average Bonchev–Trinajstić information content (AvgIpc) is 2.98. The first kappa shape index (κ1) is 16.9. The van der Waals surface area contributed by atoms with Crippen LogP contribution < -0.4 is 10.6 Å². The first-order valence-electron chi connectivity index (χ1n) is 8.22. The number of hydrogen-bond acceptors (Lipinski definition) is 4. The van der Waals surface area contributed by atoms with Crippen LogP contribution in [0.15, 0.2) is 24.3 Å². The third-order valence-electron chi connectivity index (χ3n) is 4.35. The van der Waals surface area contributed by atoms with Gasteiger partial charge >= 0.3 is 0 Å². The van der Waals surface area contributed by atoms with Crippen LogP contribution in [0.4, 0.5) is 0 Å². The molecule has 3 aromatic rings. The number of aromatic nitrogens is 3. The number of carbonyl (C=O) groups excluding carboxylic acids is 2. The minimum absolute atomic E-state index is 0.00483. The van der Waals surface area contributed by atoms with Crippen molar-refractivity contribution < 1.29 is 9.59 Å². The van der Waals surface area contributed by atoms with Crippen molar-refractivity contribution in [2.45, 2.75) is 26.7 Å². The number of rotatable bonds is 5. The third-order valence-corrected chi connectivity index (χ3v) is 4.35.